The van der Waals surface area contributed by atoms with Crippen molar-refractivity contribution < 1.29 is 13.7 Å². The van der Waals surface area contributed by atoms with Crippen LogP contribution in [0.15, 0.2) is 27.1 Å². The summed E-state index contributed by atoms with van der Waals surface area (Å²) in [5.74, 6) is 2.33. The van der Waals surface area contributed by atoms with Crippen molar-refractivity contribution >= 4 is 16.9 Å². The number of benzene rings is 1. The maximum absolute atomic E-state index is 13.0. The van der Waals surface area contributed by atoms with E-state index < -0.39 is 0 Å². The number of amides is 1. The molecule has 1 aliphatic rings. The van der Waals surface area contributed by atoms with Gasteiger partial charge < -0.3 is 13.8 Å². The van der Waals surface area contributed by atoms with E-state index in [4.69, 9.17) is 8.94 Å². The number of carbonyl (C=O) groups excluding carboxylic acids is 1. The van der Waals surface area contributed by atoms with E-state index in [0.29, 0.717) is 24.7 Å². The minimum Gasteiger partial charge on any atom is -0.451 e. The number of nitrogens with zero attached hydrogens (tertiary/aromatic N) is 3. The van der Waals surface area contributed by atoms with Crippen molar-refractivity contribution in [1.29, 1.82) is 0 Å². The predicted molar refractivity (Wildman–Crippen MR) is 102 cm³/mol. The summed E-state index contributed by atoms with van der Waals surface area (Å²) >= 11 is 0. The van der Waals surface area contributed by atoms with Gasteiger partial charge in [0.2, 0.25) is 5.89 Å². The first kappa shape index (κ1) is 17.8. The van der Waals surface area contributed by atoms with E-state index in [1.54, 1.807) is 0 Å². The van der Waals surface area contributed by atoms with Gasteiger partial charge in [-0.3, -0.25) is 4.79 Å². The molecule has 0 aliphatic carbocycles. The normalized spacial score (nSPS) is 15.8. The molecule has 3 aromatic rings. The number of hydrogen-bond acceptors (Lipinski definition) is 5. The van der Waals surface area contributed by atoms with Gasteiger partial charge in [0.05, 0.1) is 0 Å². The van der Waals surface area contributed by atoms with E-state index >= 15 is 0 Å². The molecule has 6 heteroatoms. The van der Waals surface area contributed by atoms with Crippen LogP contribution < -0.4 is 0 Å². The number of piperidine rings is 1. The molecule has 6 nitrogen and oxygen atoms in total. The highest BCUT2D eigenvalue weighted by Gasteiger charge is 2.30. The number of aryl methyl sites for hydroxylation is 2. The van der Waals surface area contributed by atoms with Crippen LogP contribution in [0.25, 0.3) is 11.0 Å². The van der Waals surface area contributed by atoms with E-state index in [0.717, 1.165) is 40.8 Å². The standard InChI is InChI=1S/C21H25N3O3/c1-12(2)19-22-20(27-23-19)15-7-9-24(10-8-15)21(25)18-14(4)16-6-5-13(3)11-17(16)26-18/h5-6,11-12,15H,7-10H2,1-4H3. The Balaban J connectivity index is 1.48. The molecule has 142 valence electrons. The van der Waals surface area contributed by atoms with Gasteiger partial charge in [0.25, 0.3) is 5.91 Å². The summed E-state index contributed by atoms with van der Waals surface area (Å²) in [6, 6.07) is 6.04. The van der Waals surface area contributed by atoms with Crippen LogP contribution in [0.4, 0.5) is 0 Å². The van der Waals surface area contributed by atoms with Crippen molar-refractivity contribution in [3.05, 3.63) is 46.8 Å². The zero-order chi connectivity index (χ0) is 19.1. The average Bonchev–Trinajstić information content (AvgIpc) is 3.27. The Morgan fingerprint density at radius 3 is 2.63 bits per heavy atom. The molecule has 1 fully saturated rings. The molecule has 27 heavy (non-hydrogen) atoms. The highest BCUT2D eigenvalue weighted by molar-refractivity contribution is 5.99. The molecule has 0 unspecified atom stereocenters. The van der Waals surface area contributed by atoms with Gasteiger partial charge in [-0.15, -0.1) is 0 Å². The quantitative estimate of drug-likeness (QED) is 0.678. The molecular formula is C21H25N3O3. The summed E-state index contributed by atoms with van der Waals surface area (Å²) < 4.78 is 11.3. The molecule has 0 atom stereocenters. The molecule has 0 spiro atoms. The van der Waals surface area contributed by atoms with E-state index in [9.17, 15) is 4.79 Å². The summed E-state index contributed by atoms with van der Waals surface area (Å²) in [5.41, 5.74) is 2.81. The highest BCUT2D eigenvalue weighted by atomic mass is 16.5. The second kappa shape index (κ2) is 6.83. The Hall–Kier alpha value is -2.63. The van der Waals surface area contributed by atoms with Gasteiger partial charge in [0.1, 0.15) is 5.58 Å². The van der Waals surface area contributed by atoms with Crippen LogP contribution >= 0.6 is 0 Å². The van der Waals surface area contributed by atoms with E-state index in [2.05, 4.69) is 10.1 Å². The molecule has 1 saturated heterocycles. The fraction of sp³-hybridized carbons (Fsp3) is 0.476. The van der Waals surface area contributed by atoms with Crippen LogP contribution in [0.3, 0.4) is 0 Å². The second-order valence-electron chi connectivity index (χ2n) is 7.77. The topological polar surface area (TPSA) is 72.4 Å². The third kappa shape index (κ3) is 3.24. The zero-order valence-electron chi connectivity index (χ0n) is 16.3. The molecule has 0 bridgehead atoms. The van der Waals surface area contributed by atoms with Crippen molar-refractivity contribution in [2.24, 2.45) is 0 Å². The Kier molecular flexibility index (Phi) is 4.50. The van der Waals surface area contributed by atoms with E-state index in [1.165, 1.54) is 0 Å². The molecule has 1 aliphatic heterocycles. The first-order valence-corrected chi connectivity index (χ1v) is 9.56. The number of rotatable bonds is 3. The number of furan rings is 1. The van der Waals surface area contributed by atoms with Gasteiger partial charge in [-0.05, 0) is 38.3 Å². The van der Waals surface area contributed by atoms with Gasteiger partial charge in [-0.1, -0.05) is 31.1 Å². The number of carbonyl (C=O) groups is 1. The maximum Gasteiger partial charge on any atom is 0.289 e. The fourth-order valence-electron chi connectivity index (χ4n) is 3.66. The minimum atomic E-state index is -0.0341. The number of likely N-dealkylation sites (tertiary alicyclic amines) is 1. The first-order chi connectivity index (χ1) is 12.9. The van der Waals surface area contributed by atoms with Gasteiger partial charge in [0, 0.05) is 35.9 Å². The van der Waals surface area contributed by atoms with Crippen LogP contribution in [0.1, 0.15) is 71.9 Å². The third-order valence-corrected chi connectivity index (χ3v) is 5.39. The van der Waals surface area contributed by atoms with Crippen LogP contribution in [0.2, 0.25) is 0 Å². The molecule has 2 aromatic heterocycles. The SMILES string of the molecule is Cc1ccc2c(C)c(C(=O)N3CCC(c4nc(C(C)C)no4)CC3)oc2c1. The molecule has 1 amide bonds. The van der Waals surface area contributed by atoms with Crippen LogP contribution in [-0.2, 0) is 0 Å². The number of fused-ring (bicyclic) bond motifs is 1. The number of hydrogen-bond donors (Lipinski definition) is 0. The molecular weight excluding hydrogens is 342 g/mol. The Morgan fingerprint density at radius 2 is 1.96 bits per heavy atom. The van der Waals surface area contributed by atoms with Crippen LogP contribution in [0.5, 0.6) is 0 Å². The lowest BCUT2D eigenvalue weighted by Crippen LogP contribution is -2.38. The Labute approximate surface area is 158 Å². The number of aromatic nitrogens is 2. The summed E-state index contributed by atoms with van der Waals surface area (Å²) in [4.78, 5) is 19.4. The van der Waals surface area contributed by atoms with Crippen molar-refractivity contribution in [3.8, 4) is 0 Å². The van der Waals surface area contributed by atoms with Crippen molar-refractivity contribution in [2.75, 3.05) is 13.1 Å². The molecule has 0 N–H and O–H groups in total. The summed E-state index contributed by atoms with van der Waals surface area (Å²) in [6.07, 6.45) is 1.65. The minimum absolute atomic E-state index is 0.0341. The lowest BCUT2D eigenvalue weighted by molar-refractivity contribution is 0.0674. The lowest BCUT2D eigenvalue weighted by Gasteiger charge is -2.29. The fourth-order valence-corrected chi connectivity index (χ4v) is 3.66. The van der Waals surface area contributed by atoms with Crippen molar-refractivity contribution in [2.45, 2.75) is 52.4 Å². The van der Waals surface area contributed by atoms with Crippen LogP contribution in [-0.4, -0.2) is 34.0 Å². The maximum atomic E-state index is 13.0. The lowest BCUT2D eigenvalue weighted by atomic mass is 9.96. The molecule has 0 radical (unpaired) electrons. The monoisotopic (exact) mass is 367 g/mol. The predicted octanol–water partition coefficient (Wildman–Crippen LogP) is 4.58. The molecule has 4 rings (SSSR count). The van der Waals surface area contributed by atoms with Gasteiger partial charge in [-0.2, -0.15) is 4.98 Å². The second-order valence-corrected chi connectivity index (χ2v) is 7.77. The summed E-state index contributed by atoms with van der Waals surface area (Å²) in [7, 11) is 0. The first-order valence-electron chi connectivity index (χ1n) is 9.56. The molecule has 0 saturated carbocycles. The molecule has 1 aromatic carbocycles. The van der Waals surface area contributed by atoms with Gasteiger partial charge in [0.15, 0.2) is 11.6 Å². The Morgan fingerprint density at radius 1 is 1.22 bits per heavy atom. The highest BCUT2D eigenvalue weighted by Crippen LogP contribution is 2.31. The summed E-state index contributed by atoms with van der Waals surface area (Å²) in [6.45, 7) is 9.40. The van der Waals surface area contributed by atoms with Gasteiger partial charge >= 0.3 is 0 Å². The van der Waals surface area contributed by atoms with Crippen molar-refractivity contribution in [1.82, 2.24) is 15.0 Å². The summed E-state index contributed by atoms with van der Waals surface area (Å²) in [5, 5.41) is 5.06. The average molecular weight is 367 g/mol. The Bertz CT molecular complexity index is 978. The smallest absolute Gasteiger partial charge is 0.289 e. The van der Waals surface area contributed by atoms with Crippen molar-refractivity contribution in [3.63, 3.8) is 0 Å². The molecule has 3 heterocycles. The van der Waals surface area contributed by atoms with Crippen LogP contribution in [0, 0.1) is 13.8 Å². The largest absolute Gasteiger partial charge is 0.451 e. The third-order valence-electron chi connectivity index (χ3n) is 5.39. The van der Waals surface area contributed by atoms with E-state index in [1.807, 2.05) is 50.8 Å². The van der Waals surface area contributed by atoms with Gasteiger partial charge in [-0.25, -0.2) is 0 Å². The zero-order valence-corrected chi connectivity index (χ0v) is 16.3. The van der Waals surface area contributed by atoms with E-state index in [-0.39, 0.29) is 17.7 Å².